The van der Waals surface area contributed by atoms with Gasteiger partial charge >= 0.3 is 0 Å². The lowest BCUT2D eigenvalue weighted by Gasteiger charge is -1.94. The van der Waals surface area contributed by atoms with Gasteiger partial charge in [0.25, 0.3) is 11.7 Å². The summed E-state index contributed by atoms with van der Waals surface area (Å²) in [4.78, 5) is 11.9. The Morgan fingerprint density at radius 3 is 2.57 bits per heavy atom. The van der Waals surface area contributed by atoms with Gasteiger partial charge in [-0.05, 0) is 17.3 Å². The van der Waals surface area contributed by atoms with Crippen molar-refractivity contribution in [3.8, 4) is 5.69 Å². The summed E-state index contributed by atoms with van der Waals surface area (Å²) in [7, 11) is 0. The Morgan fingerprint density at radius 1 is 1.29 bits per heavy atom. The van der Waals surface area contributed by atoms with Crippen LogP contribution in [-0.4, -0.2) is 26.1 Å². The van der Waals surface area contributed by atoms with Gasteiger partial charge < -0.3 is 5.73 Å². The molecule has 0 aliphatic rings. The molecule has 0 saturated heterocycles. The lowest BCUT2D eigenvalue weighted by atomic mass is 10.3. The van der Waals surface area contributed by atoms with Crippen LogP contribution in [0.5, 0.6) is 0 Å². The molecule has 6 heteroatoms. The average Bonchev–Trinajstić information content (AvgIpc) is 2.68. The number of amides is 1. The zero-order valence-electron chi connectivity index (χ0n) is 7.16. The minimum atomic E-state index is -0.688. The second-order valence-corrected chi connectivity index (χ2v) is 2.60. The van der Waals surface area contributed by atoms with Crippen molar-refractivity contribution in [1.82, 2.24) is 20.2 Å². The molecule has 2 N–H and O–H groups in total. The van der Waals surface area contributed by atoms with E-state index in [1.54, 1.807) is 12.1 Å². The third-order valence-electron chi connectivity index (χ3n) is 1.62. The SMILES string of the molecule is NC(=O)c1nnn(-c2ccccc2)n1. The second-order valence-electron chi connectivity index (χ2n) is 2.60. The van der Waals surface area contributed by atoms with Gasteiger partial charge in [-0.1, -0.05) is 18.2 Å². The van der Waals surface area contributed by atoms with E-state index in [0.717, 1.165) is 5.69 Å². The number of nitrogens with zero attached hydrogens (tertiary/aromatic N) is 4. The second kappa shape index (κ2) is 3.25. The summed E-state index contributed by atoms with van der Waals surface area (Å²) in [6, 6.07) is 9.14. The van der Waals surface area contributed by atoms with Crippen molar-refractivity contribution < 1.29 is 4.79 Å². The van der Waals surface area contributed by atoms with E-state index >= 15 is 0 Å². The van der Waals surface area contributed by atoms with E-state index in [2.05, 4.69) is 15.4 Å². The number of hydrogen-bond acceptors (Lipinski definition) is 4. The standard InChI is InChI=1S/C8H7N5O/c9-7(14)8-10-12-13(11-8)6-4-2-1-3-5-6/h1-5H,(H2,9,14). The van der Waals surface area contributed by atoms with Gasteiger partial charge in [-0.25, -0.2) is 0 Å². The van der Waals surface area contributed by atoms with Gasteiger partial charge in [0, 0.05) is 0 Å². The highest BCUT2D eigenvalue weighted by molar-refractivity contribution is 5.88. The molecule has 0 aliphatic heterocycles. The molecule has 14 heavy (non-hydrogen) atoms. The maximum atomic E-state index is 10.7. The number of carbonyl (C=O) groups is 1. The minimum absolute atomic E-state index is 0.0890. The van der Waals surface area contributed by atoms with E-state index < -0.39 is 5.91 Å². The van der Waals surface area contributed by atoms with Crippen LogP contribution >= 0.6 is 0 Å². The van der Waals surface area contributed by atoms with Crippen molar-refractivity contribution in [3.05, 3.63) is 36.2 Å². The van der Waals surface area contributed by atoms with Crippen LogP contribution in [0, 0.1) is 0 Å². The summed E-state index contributed by atoms with van der Waals surface area (Å²) in [5, 5.41) is 11.0. The van der Waals surface area contributed by atoms with Crippen molar-refractivity contribution in [1.29, 1.82) is 0 Å². The highest BCUT2D eigenvalue weighted by Crippen LogP contribution is 2.01. The lowest BCUT2D eigenvalue weighted by molar-refractivity contribution is 0.0990. The van der Waals surface area contributed by atoms with Crippen LogP contribution in [-0.2, 0) is 0 Å². The third kappa shape index (κ3) is 1.45. The third-order valence-corrected chi connectivity index (χ3v) is 1.62. The number of primary amides is 1. The van der Waals surface area contributed by atoms with E-state index in [4.69, 9.17) is 5.73 Å². The van der Waals surface area contributed by atoms with Crippen LogP contribution in [0.2, 0.25) is 0 Å². The predicted molar refractivity (Wildman–Crippen MR) is 47.7 cm³/mol. The molecular weight excluding hydrogens is 182 g/mol. The Labute approximate surface area is 79.3 Å². The first kappa shape index (κ1) is 8.36. The molecule has 0 radical (unpaired) electrons. The fraction of sp³-hybridized carbons (Fsp3) is 0. The Balaban J connectivity index is 2.39. The summed E-state index contributed by atoms with van der Waals surface area (Å²) in [6.07, 6.45) is 0. The van der Waals surface area contributed by atoms with Gasteiger partial charge in [0.15, 0.2) is 0 Å². The van der Waals surface area contributed by atoms with Crippen LogP contribution in [0.15, 0.2) is 30.3 Å². The van der Waals surface area contributed by atoms with Gasteiger partial charge in [0.05, 0.1) is 5.69 Å². The van der Waals surface area contributed by atoms with Crippen LogP contribution in [0.4, 0.5) is 0 Å². The first-order chi connectivity index (χ1) is 6.77. The van der Waals surface area contributed by atoms with Gasteiger partial charge in [-0.15, -0.1) is 15.0 Å². The van der Waals surface area contributed by atoms with E-state index in [0.29, 0.717) is 0 Å². The van der Waals surface area contributed by atoms with Crippen molar-refractivity contribution in [3.63, 3.8) is 0 Å². The maximum Gasteiger partial charge on any atom is 0.290 e. The number of carbonyl (C=O) groups excluding carboxylic acids is 1. The van der Waals surface area contributed by atoms with E-state index in [1.807, 2.05) is 18.2 Å². The molecule has 0 saturated carbocycles. The number of nitrogens with two attached hydrogens (primary N) is 1. The van der Waals surface area contributed by atoms with Gasteiger partial charge in [-0.2, -0.15) is 0 Å². The Bertz CT molecular complexity index is 450. The molecule has 0 atom stereocenters. The molecule has 0 spiro atoms. The topological polar surface area (TPSA) is 86.7 Å². The highest BCUT2D eigenvalue weighted by atomic mass is 16.1. The highest BCUT2D eigenvalue weighted by Gasteiger charge is 2.08. The normalized spacial score (nSPS) is 10.0. The van der Waals surface area contributed by atoms with Gasteiger partial charge in [0.2, 0.25) is 0 Å². The van der Waals surface area contributed by atoms with Crippen LogP contribution < -0.4 is 5.73 Å². The molecule has 0 unspecified atom stereocenters. The molecule has 1 amide bonds. The number of aromatic nitrogens is 4. The number of rotatable bonds is 2. The largest absolute Gasteiger partial charge is 0.363 e. The summed E-state index contributed by atoms with van der Waals surface area (Å²) in [5.74, 6) is -0.777. The van der Waals surface area contributed by atoms with E-state index in [-0.39, 0.29) is 5.82 Å². The molecule has 0 aliphatic carbocycles. The summed E-state index contributed by atoms with van der Waals surface area (Å²) in [6.45, 7) is 0. The fourth-order valence-electron chi connectivity index (χ4n) is 0.984. The quantitative estimate of drug-likeness (QED) is 0.706. The molecule has 0 fully saturated rings. The molecule has 70 valence electrons. The Kier molecular flexibility index (Phi) is 1.94. The summed E-state index contributed by atoms with van der Waals surface area (Å²) < 4.78 is 0. The van der Waals surface area contributed by atoms with Crippen LogP contribution in [0.3, 0.4) is 0 Å². The lowest BCUT2D eigenvalue weighted by Crippen LogP contribution is -2.13. The number of para-hydroxylation sites is 1. The van der Waals surface area contributed by atoms with Gasteiger partial charge in [0.1, 0.15) is 0 Å². The zero-order chi connectivity index (χ0) is 9.97. The number of tetrazole rings is 1. The van der Waals surface area contributed by atoms with E-state index in [9.17, 15) is 4.79 Å². The van der Waals surface area contributed by atoms with Crippen molar-refractivity contribution in [2.45, 2.75) is 0 Å². The number of benzene rings is 1. The molecule has 1 heterocycles. The predicted octanol–water partition coefficient (Wildman–Crippen LogP) is -0.239. The molecule has 0 bridgehead atoms. The number of hydrogen-bond donors (Lipinski definition) is 1. The molecule has 2 rings (SSSR count). The summed E-state index contributed by atoms with van der Waals surface area (Å²) in [5.41, 5.74) is 5.72. The molecule has 2 aromatic rings. The zero-order valence-corrected chi connectivity index (χ0v) is 7.16. The van der Waals surface area contributed by atoms with Crippen molar-refractivity contribution >= 4 is 5.91 Å². The fourth-order valence-corrected chi connectivity index (χ4v) is 0.984. The smallest absolute Gasteiger partial charge is 0.290 e. The van der Waals surface area contributed by atoms with Crippen LogP contribution in [0.1, 0.15) is 10.6 Å². The van der Waals surface area contributed by atoms with E-state index in [1.165, 1.54) is 4.80 Å². The Hall–Kier alpha value is -2.24. The minimum Gasteiger partial charge on any atom is -0.363 e. The molecular formula is C8H7N5O. The first-order valence-corrected chi connectivity index (χ1v) is 3.92. The monoisotopic (exact) mass is 189 g/mol. The van der Waals surface area contributed by atoms with Gasteiger partial charge in [-0.3, -0.25) is 4.79 Å². The maximum absolute atomic E-state index is 10.7. The average molecular weight is 189 g/mol. The summed E-state index contributed by atoms with van der Waals surface area (Å²) >= 11 is 0. The van der Waals surface area contributed by atoms with Crippen molar-refractivity contribution in [2.24, 2.45) is 5.73 Å². The molecule has 1 aromatic heterocycles. The van der Waals surface area contributed by atoms with Crippen molar-refractivity contribution in [2.75, 3.05) is 0 Å². The molecule has 6 nitrogen and oxygen atoms in total. The first-order valence-electron chi connectivity index (χ1n) is 3.92. The Morgan fingerprint density at radius 2 is 2.00 bits per heavy atom. The molecule has 1 aromatic carbocycles. The van der Waals surface area contributed by atoms with Crippen LogP contribution in [0.25, 0.3) is 5.69 Å².